The molecule has 0 aliphatic carbocycles. The summed E-state index contributed by atoms with van der Waals surface area (Å²) in [6.45, 7) is 1.80. The summed E-state index contributed by atoms with van der Waals surface area (Å²) in [5.41, 5.74) is 3.59. The molecule has 1 aliphatic heterocycles. The number of rotatable bonds is 6. The summed E-state index contributed by atoms with van der Waals surface area (Å²) in [6, 6.07) is 14.9. The molecule has 0 bridgehead atoms. The van der Waals surface area contributed by atoms with Crippen molar-refractivity contribution in [1.82, 2.24) is 4.72 Å². The van der Waals surface area contributed by atoms with Crippen LogP contribution in [0.5, 0.6) is 0 Å². The molecule has 2 N–H and O–H groups in total. The van der Waals surface area contributed by atoms with Crippen LogP contribution in [-0.2, 0) is 10.5 Å². The van der Waals surface area contributed by atoms with Gasteiger partial charge >= 0.3 is 5.97 Å². The first kappa shape index (κ1) is 18.5. The van der Waals surface area contributed by atoms with Crippen molar-refractivity contribution in [2.45, 2.75) is 15.5 Å². The van der Waals surface area contributed by atoms with E-state index in [0.717, 1.165) is 13.1 Å². The van der Waals surface area contributed by atoms with Gasteiger partial charge in [0.2, 0.25) is 0 Å². The highest BCUT2D eigenvalue weighted by molar-refractivity contribution is 7.99. The topological polar surface area (TPSA) is 52.6 Å². The van der Waals surface area contributed by atoms with E-state index in [1.807, 2.05) is 6.07 Å². The maximum Gasteiger partial charge on any atom is 0.313 e. The number of anilines is 2. The average Bonchev–Trinajstić information content (AvgIpc) is 2.83. The monoisotopic (exact) mass is 392 g/mol. The molecule has 3 rings (SSSR count). The van der Waals surface area contributed by atoms with Crippen LogP contribution in [0, 0.1) is 0 Å². The third-order valence-electron chi connectivity index (χ3n) is 3.82. The molecular formula is C18H20N2O2S3. The van der Waals surface area contributed by atoms with Crippen molar-refractivity contribution in [3.8, 4) is 0 Å². The first-order valence-electron chi connectivity index (χ1n) is 7.92. The minimum absolute atomic E-state index is 0.131. The summed E-state index contributed by atoms with van der Waals surface area (Å²) in [4.78, 5) is 15.5. The predicted molar refractivity (Wildman–Crippen MR) is 109 cm³/mol. The van der Waals surface area contributed by atoms with Crippen LogP contribution < -0.4 is 9.62 Å². The molecule has 1 heterocycles. The van der Waals surface area contributed by atoms with E-state index < -0.39 is 5.97 Å². The van der Waals surface area contributed by atoms with Crippen LogP contribution in [0.2, 0.25) is 0 Å². The maximum atomic E-state index is 10.8. The van der Waals surface area contributed by atoms with Crippen molar-refractivity contribution in [3.63, 3.8) is 0 Å². The number of hydrogen-bond acceptors (Lipinski definition) is 6. The number of fused-ring (bicyclic) bond motifs is 1. The summed E-state index contributed by atoms with van der Waals surface area (Å²) in [7, 11) is 0. The van der Waals surface area contributed by atoms with Crippen LogP contribution in [0.3, 0.4) is 0 Å². The molecule has 4 nitrogen and oxygen atoms in total. The van der Waals surface area contributed by atoms with Crippen molar-refractivity contribution in [1.29, 1.82) is 0 Å². The third-order valence-corrected chi connectivity index (χ3v) is 6.50. The molecule has 0 spiro atoms. The zero-order valence-corrected chi connectivity index (χ0v) is 16.3. The highest BCUT2D eigenvalue weighted by atomic mass is 32.2. The average molecular weight is 393 g/mol. The van der Waals surface area contributed by atoms with E-state index in [4.69, 9.17) is 5.11 Å². The van der Waals surface area contributed by atoms with Crippen molar-refractivity contribution >= 4 is 52.8 Å². The van der Waals surface area contributed by atoms with E-state index in [2.05, 4.69) is 52.3 Å². The lowest BCUT2D eigenvalue weighted by Gasteiger charge is -2.25. The Kier molecular flexibility index (Phi) is 6.58. The van der Waals surface area contributed by atoms with Crippen LogP contribution >= 0.6 is 35.5 Å². The van der Waals surface area contributed by atoms with Crippen LogP contribution in [-0.4, -0.2) is 36.2 Å². The molecule has 0 amide bonds. The van der Waals surface area contributed by atoms with Gasteiger partial charge < -0.3 is 10.0 Å². The van der Waals surface area contributed by atoms with Crippen molar-refractivity contribution in [2.24, 2.45) is 0 Å². The lowest BCUT2D eigenvalue weighted by molar-refractivity contribution is -0.133. The normalized spacial score (nSPS) is 14.0. The number of carbonyl (C=O) groups is 1. The second-order valence-electron chi connectivity index (χ2n) is 5.50. The Balaban J connectivity index is 1.94. The Morgan fingerprint density at radius 1 is 1.32 bits per heavy atom. The lowest BCUT2D eigenvalue weighted by atomic mass is 10.2. The van der Waals surface area contributed by atoms with Crippen molar-refractivity contribution < 1.29 is 9.90 Å². The quantitative estimate of drug-likeness (QED) is 0.555. The summed E-state index contributed by atoms with van der Waals surface area (Å²) in [6.07, 6.45) is 2.07. The number of carboxylic acids is 1. The molecule has 0 saturated carbocycles. The van der Waals surface area contributed by atoms with E-state index in [0.29, 0.717) is 5.75 Å². The van der Waals surface area contributed by atoms with Gasteiger partial charge in [-0.25, -0.2) is 0 Å². The Morgan fingerprint density at radius 2 is 2.12 bits per heavy atom. The molecule has 7 heteroatoms. The van der Waals surface area contributed by atoms with E-state index in [9.17, 15) is 4.79 Å². The number of hydrogen-bond donors (Lipinski definition) is 2. The summed E-state index contributed by atoms with van der Waals surface area (Å²) < 4.78 is 3.41. The number of benzene rings is 2. The number of carboxylic acid groups (broad SMARTS) is 1. The van der Waals surface area contributed by atoms with E-state index >= 15 is 0 Å². The molecule has 0 saturated heterocycles. The van der Waals surface area contributed by atoms with Gasteiger partial charge in [0, 0.05) is 34.3 Å². The number of nitrogens with zero attached hydrogens (tertiary/aromatic N) is 1. The van der Waals surface area contributed by atoms with E-state index in [1.165, 1.54) is 38.5 Å². The van der Waals surface area contributed by atoms with Gasteiger partial charge in [-0.15, -0.1) is 23.5 Å². The second-order valence-corrected chi connectivity index (χ2v) is 8.27. The van der Waals surface area contributed by atoms with Gasteiger partial charge in [0.15, 0.2) is 0 Å². The number of aliphatic carboxylic acids is 1. The van der Waals surface area contributed by atoms with Crippen LogP contribution in [0.25, 0.3) is 0 Å². The summed E-state index contributed by atoms with van der Waals surface area (Å²) in [5.74, 6) is 0.0745. The van der Waals surface area contributed by atoms with Gasteiger partial charge in [0.05, 0.1) is 11.4 Å². The first-order chi connectivity index (χ1) is 12.2. The Hall–Kier alpha value is -1.28. The summed E-state index contributed by atoms with van der Waals surface area (Å²) >= 11 is 4.81. The van der Waals surface area contributed by atoms with Crippen molar-refractivity contribution in [3.05, 3.63) is 48.0 Å². The van der Waals surface area contributed by atoms with Crippen LogP contribution in [0.1, 0.15) is 5.56 Å². The third kappa shape index (κ3) is 4.67. The fourth-order valence-corrected chi connectivity index (χ4v) is 4.99. The molecule has 0 radical (unpaired) electrons. The van der Waals surface area contributed by atoms with Crippen LogP contribution in [0.4, 0.5) is 11.4 Å². The van der Waals surface area contributed by atoms with E-state index in [1.54, 1.807) is 23.7 Å². The predicted octanol–water partition coefficient (Wildman–Crippen LogP) is 4.47. The molecule has 2 aromatic carbocycles. The second kappa shape index (κ2) is 8.89. The first-order valence-corrected chi connectivity index (χ1v) is 11.1. The molecule has 25 heavy (non-hydrogen) atoms. The number of nitrogens with one attached hydrogen (secondary N) is 1. The Bertz CT molecular complexity index is 741. The molecule has 132 valence electrons. The fraction of sp³-hybridized carbons (Fsp3) is 0.278. The maximum absolute atomic E-state index is 10.8. The van der Waals surface area contributed by atoms with Gasteiger partial charge in [-0.1, -0.05) is 18.2 Å². The smallest absolute Gasteiger partial charge is 0.313 e. The number of para-hydroxylation sites is 1. The molecule has 0 fully saturated rings. The Labute approximate surface area is 160 Å². The van der Waals surface area contributed by atoms with Gasteiger partial charge in [0.1, 0.15) is 0 Å². The van der Waals surface area contributed by atoms with Crippen molar-refractivity contribution in [2.75, 3.05) is 30.0 Å². The lowest BCUT2D eigenvalue weighted by Crippen LogP contribution is -2.23. The summed E-state index contributed by atoms with van der Waals surface area (Å²) in [5, 5.41) is 8.86. The zero-order chi connectivity index (χ0) is 17.6. The van der Waals surface area contributed by atoms with Gasteiger partial charge in [-0.05, 0) is 48.0 Å². The molecule has 0 unspecified atom stereocenters. The van der Waals surface area contributed by atoms with Gasteiger partial charge in [-0.3, -0.25) is 9.52 Å². The minimum atomic E-state index is -0.767. The highest BCUT2D eigenvalue weighted by Gasteiger charge is 2.20. The van der Waals surface area contributed by atoms with Gasteiger partial charge in [0.25, 0.3) is 0 Å². The zero-order valence-electron chi connectivity index (χ0n) is 13.9. The highest BCUT2D eigenvalue weighted by Crippen LogP contribution is 2.40. The van der Waals surface area contributed by atoms with Gasteiger partial charge in [-0.2, -0.15) is 0 Å². The molecule has 1 aliphatic rings. The van der Waals surface area contributed by atoms with E-state index in [-0.39, 0.29) is 5.75 Å². The fourth-order valence-electron chi connectivity index (χ4n) is 2.72. The standard InChI is InChI=1S/C18H20N2O2S3/c1-23-16-10-15-17(9-13(16)11-24-12-18(21)22)25-19-7-8-20(15)14-5-3-2-4-6-14/h2-6,9-10,19H,7-8,11-12H2,1H3,(H,21,22). The molecule has 0 aromatic heterocycles. The SMILES string of the molecule is CSc1cc2c(cc1CSCC(=O)O)SNCCN2c1ccccc1. The minimum Gasteiger partial charge on any atom is -0.481 e. The molecular weight excluding hydrogens is 372 g/mol. The largest absolute Gasteiger partial charge is 0.481 e. The Morgan fingerprint density at radius 3 is 2.84 bits per heavy atom. The van der Waals surface area contributed by atoms with Crippen LogP contribution in [0.15, 0.2) is 52.3 Å². The number of thioether (sulfide) groups is 2. The molecule has 0 atom stereocenters. The molecule has 2 aromatic rings.